The summed E-state index contributed by atoms with van der Waals surface area (Å²) in [6.07, 6.45) is 0.880. The quantitative estimate of drug-likeness (QED) is 0.879. The van der Waals surface area contributed by atoms with E-state index in [0.29, 0.717) is 23.1 Å². The van der Waals surface area contributed by atoms with E-state index in [2.05, 4.69) is 0 Å². The lowest BCUT2D eigenvalue weighted by atomic mass is 9.95. The van der Waals surface area contributed by atoms with Gasteiger partial charge in [-0.1, -0.05) is 29.8 Å². The minimum Gasteiger partial charge on any atom is -0.493 e. The summed E-state index contributed by atoms with van der Waals surface area (Å²) in [5.41, 5.74) is 7.33. The van der Waals surface area contributed by atoms with Crippen molar-refractivity contribution in [1.82, 2.24) is 0 Å². The molecule has 0 aromatic heterocycles. The molecule has 110 valence electrons. The van der Waals surface area contributed by atoms with Crippen LogP contribution in [0.3, 0.4) is 0 Å². The fourth-order valence-corrected chi connectivity index (χ4v) is 4.14. The maximum atomic E-state index is 12.6. The average molecular weight is 322 g/mol. The number of benzene rings is 2. The molecule has 0 saturated carbocycles. The summed E-state index contributed by atoms with van der Waals surface area (Å²) in [4.78, 5) is 0.721. The molecular formula is C16H16ClNO2S. The molecule has 2 unspecified atom stereocenters. The van der Waals surface area contributed by atoms with E-state index >= 15 is 0 Å². The Hall–Kier alpha value is -1.52. The van der Waals surface area contributed by atoms with Crippen LogP contribution in [0.25, 0.3) is 0 Å². The van der Waals surface area contributed by atoms with Crippen molar-refractivity contribution in [2.75, 3.05) is 18.1 Å². The van der Waals surface area contributed by atoms with Crippen LogP contribution < -0.4 is 10.5 Å². The van der Waals surface area contributed by atoms with Crippen LogP contribution in [-0.2, 0) is 10.8 Å². The number of para-hydroxylation sites is 1. The van der Waals surface area contributed by atoms with Crippen LogP contribution in [0.1, 0.15) is 17.9 Å². The molecule has 0 radical (unpaired) electrons. The molecule has 2 N–H and O–H groups in total. The second-order valence-electron chi connectivity index (χ2n) is 5.07. The third-order valence-corrected chi connectivity index (χ3v) is 5.48. The first kappa shape index (κ1) is 14.4. The Bertz CT molecular complexity index is 690. The molecule has 3 nitrogen and oxygen atoms in total. The number of anilines is 1. The van der Waals surface area contributed by atoms with Crippen molar-refractivity contribution in [3.8, 4) is 5.75 Å². The zero-order chi connectivity index (χ0) is 14.8. The fourth-order valence-electron chi connectivity index (χ4n) is 2.52. The van der Waals surface area contributed by atoms with Gasteiger partial charge >= 0.3 is 0 Å². The fraction of sp³-hybridized carbons (Fsp3) is 0.250. The minimum absolute atomic E-state index is 0.243. The SMILES string of the molecule is Nc1ccc(S(=O)CC2CCOc3ccccc32)cc1Cl. The molecule has 5 heteroatoms. The highest BCUT2D eigenvalue weighted by Crippen LogP contribution is 2.34. The summed E-state index contributed by atoms with van der Waals surface area (Å²) in [6, 6.07) is 13.1. The van der Waals surface area contributed by atoms with Gasteiger partial charge in [0.2, 0.25) is 0 Å². The third-order valence-electron chi connectivity index (χ3n) is 3.67. The lowest BCUT2D eigenvalue weighted by Gasteiger charge is -2.25. The Morgan fingerprint density at radius 2 is 2.10 bits per heavy atom. The van der Waals surface area contributed by atoms with Gasteiger partial charge in [-0.25, -0.2) is 0 Å². The Morgan fingerprint density at radius 3 is 2.90 bits per heavy atom. The molecule has 0 spiro atoms. The van der Waals surface area contributed by atoms with Crippen LogP contribution in [0, 0.1) is 0 Å². The van der Waals surface area contributed by atoms with Crippen LogP contribution in [0.5, 0.6) is 5.75 Å². The van der Waals surface area contributed by atoms with E-state index in [1.54, 1.807) is 18.2 Å². The van der Waals surface area contributed by atoms with Gasteiger partial charge in [0.15, 0.2) is 0 Å². The van der Waals surface area contributed by atoms with Crippen molar-refractivity contribution in [2.45, 2.75) is 17.2 Å². The molecule has 2 aromatic carbocycles. The van der Waals surface area contributed by atoms with Crippen LogP contribution in [0.4, 0.5) is 5.69 Å². The maximum Gasteiger partial charge on any atom is 0.122 e. The zero-order valence-corrected chi connectivity index (χ0v) is 13.0. The van der Waals surface area contributed by atoms with Gasteiger partial charge in [-0.15, -0.1) is 0 Å². The molecule has 21 heavy (non-hydrogen) atoms. The number of nitrogen functional groups attached to an aromatic ring is 1. The van der Waals surface area contributed by atoms with Gasteiger partial charge in [-0.3, -0.25) is 4.21 Å². The first-order valence-corrected chi connectivity index (χ1v) is 8.50. The number of hydrogen-bond donors (Lipinski definition) is 1. The topological polar surface area (TPSA) is 52.3 Å². The van der Waals surface area contributed by atoms with E-state index in [0.717, 1.165) is 22.6 Å². The van der Waals surface area contributed by atoms with Gasteiger partial charge in [0.25, 0.3) is 0 Å². The molecule has 0 bridgehead atoms. The van der Waals surface area contributed by atoms with Gasteiger partial charge in [-0.2, -0.15) is 0 Å². The van der Waals surface area contributed by atoms with E-state index in [9.17, 15) is 4.21 Å². The maximum absolute atomic E-state index is 12.6. The van der Waals surface area contributed by atoms with Gasteiger partial charge in [0.05, 0.1) is 28.1 Å². The highest BCUT2D eigenvalue weighted by Gasteiger charge is 2.23. The Balaban J connectivity index is 1.81. The van der Waals surface area contributed by atoms with E-state index in [1.165, 1.54) is 0 Å². The largest absolute Gasteiger partial charge is 0.493 e. The molecule has 2 aromatic rings. The van der Waals surface area contributed by atoms with Crippen LogP contribution >= 0.6 is 11.6 Å². The molecule has 3 rings (SSSR count). The molecule has 1 aliphatic rings. The van der Waals surface area contributed by atoms with Crippen molar-refractivity contribution >= 4 is 28.1 Å². The number of nitrogens with two attached hydrogens (primary N) is 1. The normalized spacial score (nSPS) is 18.6. The molecule has 0 fully saturated rings. The zero-order valence-electron chi connectivity index (χ0n) is 11.4. The van der Waals surface area contributed by atoms with E-state index < -0.39 is 10.8 Å². The summed E-state index contributed by atoms with van der Waals surface area (Å²) in [7, 11) is -1.10. The number of fused-ring (bicyclic) bond motifs is 1. The van der Waals surface area contributed by atoms with E-state index in [1.807, 2.05) is 24.3 Å². The first-order chi connectivity index (χ1) is 10.1. The van der Waals surface area contributed by atoms with Crippen molar-refractivity contribution < 1.29 is 8.95 Å². The molecule has 0 saturated heterocycles. The summed E-state index contributed by atoms with van der Waals surface area (Å²) < 4.78 is 18.2. The number of hydrogen-bond acceptors (Lipinski definition) is 3. The van der Waals surface area contributed by atoms with Crippen molar-refractivity contribution in [3.05, 3.63) is 53.1 Å². The van der Waals surface area contributed by atoms with Gasteiger partial charge in [0.1, 0.15) is 5.75 Å². The predicted octanol–water partition coefficient (Wildman–Crippen LogP) is 3.60. The van der Waals surface area contributed by atoms with E-state index in [-0.39, 0.29) is 5.92 Å². The predicted molar refractivity (Wildman–Crippen MR) is 86.4 cm³/mol. The van der Waals surface area contributed by atoms with Crippen molar-refractivity contribution in [3.63, 3.8) is 0 Å². The molecule has 1 aliphatic heterocycles. The minimum atomic E-state index is -1.10. The van der Waals surface area contributed by atoms with Crippen molar-refractivity contribution in [2.24, 2.45) is 0 Å². The standard InChI is InChI=1S/C16H16ClNO2S/c17-14-9-12(5-6-15(14)18)21(19)10-11-7-8-20-16-4-2-1-3-13(11)16/h1-6,9,11H,7-8,10,18H2. The van der Waals surface area contributed by atoms with Crippen molar-refractivity contribution in [1.29, 1.82) is 0 Å². The molecule has 0 aliphatic carbocycles. The smallest absolute Gasteiger partial charge is 0.122 e. The van der Waals surface area contributed by atoms with Gasteiger partial charge in [-0.05, 0) is 36.2 Å². The number of ether oxygens (including phenoxy) is 1. The monoisotopic (exact) mass is 321 g/mol. The summed E-state index contributed by atoms with van der Waals surface area (Å²) in [5.74, 6) is 1.72. The Labute approximate surface area is 131 Å². The molecular weight excluding hydrogens is 306 g/mol. The molecule has 1 heterocycles. The first-order valence-electron chi connectivity index (χ1n) is 6.80. The van der Waals surface area contributed by atoms with Gasteiger partial charge < -0.3 is 10.5 Å². The average Bonchev–Trinajstić information content (AvgIpc) is 2.50. The van der Waals surface area contributed by atoms with Gasteiger partial charge in [0, 0.05) is 16.6 Å². The molecule has 2 atom stereocenters. The summed E-state index contributed by atoms with van der Waals surface area (Å²) in [5, 5.41) is 0.452. The highest BCUT2D eigenvalue weighted by molar-refractivity contribution is 7.85. The lowest BCUT2D eigenvalue weighted by molar-refractivity contribution is 0.273. The second kappa shape index (κ2) is 6.08. The Kier molecular flexibility index (Phi) is 4.17. The second-order valence-corrected chi connectivity index (χ2v) is 6.97. The van der Waals surface area contributed by atoms with Crippen LogP contribution in [0.15, 0.2) is 47.4 Å². The van der Waals surface area contributed by atoms with Crippen LogP contribution in [-0.4, -0.2) is 16.6 Å². The highest BCUT2D eigenvalue weighted by atomic mass is 35.5. The lowest BCUT2D eigenvalue weighted by Crippen LogP contribution is -2.19. The number of halogens is 1. The summed E-state index contributed by atoms with van der Waals surface area (Å²) >= 11 is 6.00. The van der Waals surface area contributed by atoms with E-state index in [4.69, 9.17) is 22.1 Å². The Morgan fingerprint density at radius 1 is 1.29 bits per heavy atom. The number of rotatable bonds is 3. The van der Waals surface area contributed by atoms with Crippen LogP contribution in [0.2, 0.25) is 5.02 Å². The third kappa shape index (κ3) is 3.06. The molecule has 0 amide bonds. The summed E-state index contributed by atoms with van der Waals surface area (Å²) in [6.45, 7) is 0.668.